The highest BCUT2D eigenvalue weighted by Gasteiger charge is 2.31. The Morgan fingerprint density at radius 1 is 1.21 bits per heavy atom. The molecule has 3 aromatic rings. The van der Waals surface area contributed by atoms with E-state index >= 15 is 0 Å². The van der Waals surface area contributed by atoms with Crippen molar-refractivity contribution >= 4 is 43.2 Å². The van der Waals surface area contributed by atoms with Gasteiger partial charge in [-0.2, -0.15) is 13.2 Å². The van der Waals surface area contributed by atoms with E-state index in [0.717, 1.165) is 27.9 Å². The number of rotatable bonds is 6. The lowest BCUT2D eigenvalue weighted by Crippen LogP contribution is -2.14. The van der Waals surface area contributed by atoms with Gasteiger partial charge in [-0.05, 0) is 49.7 Å². The number of carbonyl (C=O) groups is 1. The number of alkyl halides is 3. The molecule has 6 nitrogen and oxygen atoms in total. The lowest BCUT2D eigenvalue weighted by Gasteiger charge is -2.13. The Labute approximate surface area is 192 Å². The number of methoxy groups -OCH3 is 1. The van der Waals surface area contributed by atoms with Crippen LogP contribution in [0.5, 0.6) is 0 Å². The van der Waals surface area contributed by atoms with Gasteiger partial charge in [-0.15, -0.1) is 11.3 Å². The number of aromatic nitrogens is 1. The van der Waals surface area contributed by atoms with Crippen LogP contribution in [0.2, 0.25) is 0 Å². The maximum Gasteiger partial charge on any atom is 0.416 e. The zero-order valence-corrected chi connectivity index (χ0v) is 19.2. The second-order valence-electron chi connectivity index (χ2n) is 6.96. The van der Waals surface area contributed by atoms with Gasteiger partial charge < -0.3 is 4.74 Å². The van der Waals surface area contributed by atoms with Gasteiger partial charge in [-0.1, -0.05) is 11.8 Å². The highest BCUT2D eigenvalue weighted by molar-refractivity contribution is 7.92. The first-order chi connectivity index (χ1) is 15.5. The fourth-order valence-electron chi connectivity index (χ4n) is 2.89. The Bertz CT molecular complexity index is 1350. The summed E-state index contributed by atoms with van der Waals surface area (Å²) in [5.41, 5.74) is -0.655. The summed E-state index contributed by atoms with van der Waals surface area (Å²) in [5.74, 6) is 4.85. The van der Waals surface area contributed by atoms with Crippen LogP contribution < -0.4 is 4.72 Å². The number of unbranched alkanes of at least 4 members (excludes halogenated alkanes) is 1. The molecule has 0 fully saturated rings. The van der Waals surface area contributed by atoms with Crippen molar-refractivity contribution in [3.05, 3.63) is 52.5 Å². The van der Waals surface area contributed by atoms with Gasteiger partial charge in [-0.3, -0.25) is 9.52 Å². The predicted octanol–water partition coefficient (Wildman–Crippen LogP) is 5.12. The summed E-state index contributed by atoms with van der Waals surface area (Å²) in [6.45, 7) is 1.80. The van der Waals surface area contributed by atoms with E-state index in [4.69, 9.17) is 0 Å². The topological polar surface area (TPSA) is 85.4 Å². The van der Waals surface area contributed by atoms with E-state index in [-0.39, 0.29) is 29.0 Å². The molecule has 0 aliphatic carbocycles. The molecule has 33 heavy (non-hydrogen) atoms. The van der Waals surface area contributed by atoms with Crippen molar-refractivity contribution in [2.45, 2.75) is 37.3 Å². The largest absolute Gasteiger partial charge is 0.469 e. The number of benzene rings is 2. The molecule has 0 aliphatic rings. The van der Waals surface area contributed by atoms with Crippen LogP contribution in [0.1, 0.15) is 35.4 Å². The molecule has 11 heteroatoms. The fraction of sp³-hybridized carbons (Fsp3) is 0.273. The van der Waals surface area contributed by atoms with E-state index in [1.54, 1.807) is 13.0 Å². The Morgan fingerprint density at radius 2 is 1.97 bits per heavy atom. The van der Waals surface area contributed by atoms with E-state index in [2.05, 4.69) is 26.3 Å². The Kier molecular flexibility index (Phi) is 7.29. The van der Waals surface area contributed by atoms with E-state index in [0.29, 0.717) is 11.9 Å². The number of carbonyl (C=O) groups excluding carboxylic acids is 1. The molecule has 0 atom stereocenters. The predicted molar refractivity (Wildman–Crippen MR) is 119 cm³/mol. The SMILES string of the molecule is COC(=O)CCCC#Cc1cc(C(F)(F)F)ccc1NS(=O)(=O)c1ccc2sc(C)nc2c1. The number of aryl methyl sites for hydroxylation is 1. The van der Waals surface area contributed by atoms with Gasteiger partial charge in [0.15, 0.2) is 0 Å². The number of hydrogen-bond donors (Lipinski definition) is 1. The van der Waals surface area contributed by atoms with E-state index in [1.165, 1.54) is 30.6 Å². The summed E-state index contributed by atoms with van der Waals surface area (Å²) in [6, 6.07) is 7.05. The molecule has 2 aromatic carbocycles. The van der Waals surface area contributed by atoms with Crippen molar-refractivity contribution in [3.63, 3.8) is 0 Å². The molecule has 174 valence electrons. The van der Waals surface area contributed by atoms with Gasteiger partial charge in [-0.25, -0.2) is 13.4 Å². The fourth-order valence-corrected chi connectivity index (χ4v) is 4.79. The highest BCUT2D eigenvalue weighted by Crippen LogP contribution is 2.32. The molecule has 0 radical (unpaired) electrons. The van der Waals surface area contributed by atoms with Crippen molar-refractivity contribution in [1.82, 2.24) is 4.98 Å². The van der Waals surface area contributed by atoms with Gasteiger partial charge in [0.05, 0.1) is 38.5 Å². The van der Waals surface area contributed by atoms with Gasteiger partial charge in [0, 0.05) is 18.4 Å². The number of anilines is 1. The summed E-state index contributed by atoms with van der Waals surface area (Å²) >= 11 is 1.42. The quantitative estimate of drug-likeness (QED) is 0.291. The van der Waals surface area contributed by atoms with Gasteiger partial charge in [0.1, 0.15) is 0 Å². The van der Waals surface area contributed by atoms with Crippen molar-refractivity contribution < 1.29 is 31.1 Å². The minimum Gasteiger partial charge on any atom is -0.469 e. The molecule has 1 aromatic heterocycles. The third-order valence-electron chi connectivity index (χ3n) is 4.50. The summed E-state index contributed by atoms with van der Waals surface area (Å²) in [6.07, 6.45) is -3.93. The monoisotopic (exact) mass is 496 g/mol. The van der Waals surface area contributed by atoms with Crippen LogP contribution in [0.3, 0.4) is 0 Å². The van der Waals surface area contributed by atoms with Crippen LogP contribution in [-0.2, 0) is 25.7 Å². The second kappa shape index (κ2) is 9.80. The number of nitrogens with zero attached hydrogens (tertiary/aromatic N) is 1. The Morgan fingerprint density at radius 3 is 2.67 bits per heavy atom. The first-order valence-electron chi connectivity index (χ1n) is 9.66. The summed E-state index contributed by atoms with van der Waals surface area (Å²) in [4.78, 5) is 15.4. The highest BCUT2D eigenvalue weighted by atomic mass is 32.2. The van der Waals surface area contributed by atoms with Crippen LogP contribution in [0, 0.1) is 18.8 Å². The zero-order valence-electron chi connectivity index (χ0n) is 17.6. The number of sulfonamides is 1. The third-order valence-corrected chi connectivity index (χ3v) is 6.82. The average Bonchev–Trinajstić information content (AvgIpc) is 3.12. The van der Waals surface area contributed by atoms with Crippen molar-refractivity contribution in [3.8, 4) is 11.8 Å². The molecule has 1 heterocycles. The molecule has 0 amide bonds. The molecule has 3 rings (SSSR count). The van der Waals surface area contributed by atoms with Crippen LogP contribution >= 0.6 is 11.3 Å². The number of halogens is 3. The molecule has 0 bridgehead atoms. The molecule has 1 N–H and O–H groups in total. The van der Waals surface area contributed by atoms with Crippen LogP contribution in [-0.4, -0.2) is 26.5 Å². The minimum absolute atomic E-state index is 0.0721. The molecular formula is C22H19F3N2O4S2. The molecular weight excluding hydrogens is 477 g/mol. The van der Waals surface area contributed by atoms with E-state index < -0.39 is 27.7 Å². The lowest BCUT2D eigenvalue weighted by atomic mass is 10.1. The Hall–Kier alpha value is -3.10. The van der Waals surface area contributed by atoms with E-state index in [1.807, 2.05) is 0 Å². The van der Waals surface area contributed by atoms with Crippen molar-refractivity contribution in [2.75, 3.05) is 11.8 Å². The van der Waals surface area contributed by atoms with Gasteiger partial charge >= 0.3 is 12.1 Å². The van der Waals surface area contributed by atoms with Crippen molar-refractivity contribution in [1.29, 1.82) is 0 Å². The summed E-state index contributed by atoms with van der Waals surface area (Å²) < 4.78 is 73.0. The second-order valence-corrected chi connectivity index (χ2v) is 9.87. The first-order valence-corrected chi connectivity index (χ1v) is 12.0. The molecule has 0 aliphatic heterocycles. The smallest absolute Gasteiger partial charge is 0.416 e. The minimum atomic E-state index is -4.62. The molecule has 0 spiro atoms. The zero-order chi connectivity index (χ0) is 24.2. The molecule has 0 saturated carbocycles. The number of fused-ring (bicyclic) bond motifs is 1. The van der Waals surface area contributed by atoms with Crippen LogP contribution in [0.25, 0.3) is 10.2 Å². The lowest BCUT2D eigenvalue weighted by molar-refractivity contribution is -0.140. The number of thiazole rings is 1. The third kappa shape index (κ3) is 6.24. The summed E-state index contributed by atoms with van der Waals surface area (Å²) in [5, 5.41) is 0.778. The molecule has 0 unspecified atom stereocenters. The maximum absolute atomic E-state index is 13.2. The molecule has 0 saturated heterocycles. The standard InChI is InChI=1S/C22H19F3N2O4S2/c1-14-26-19-13-17(9-11-20(19)32-14)33(29,30)27-18-10-8-16(22(23,24)25)12-15(18)6-4-3-5-7-21(28)31-2/h8-13,27H,3,5,7H2,1-2H3. The van der Waals surface area contributed by atoms with Gasteiger partial charge in [0.25, 0.3) is 10.0 Å². The average molecular weight is 497 g/mol. The van der Waals surface area contributed by atoms with E-state index in [9.17, 15) is 26.4 Å². The van der Waals surface area contributed by atoms with Gasteiger partial charge in [0.2, 0.25) is 0 Å². The van der Waals surface area contributed by atoms with Crippen LogP contribution in [0.15, 0.2) is 41.3 Å². The van der Waals surface area contributed by atoms with Crippen molar-refractivity contribution in [2.24, 2.45) is 0 Å². The summed E-state index contributed by atoms with van der Waals surface area (Å²) in [7, 11) is -2.86. The number of nitrogens with one attached hydrogen (secondary N) is 1. The number of hydrogen-bond acceptors (Lipinski definition) is 6. The number of ether oxygens (including phenoxy) is 1. The first kappa shape index (κ1) is 24.5. The normalized spacial score (nSPS) is 11.7. The maximum atomic E-state index is 13.2. The van der Waals surface area contributed by atoms with Crippen LogP contribution in [0.4, 0.5) is 18.9 Å². The number of esters is 1. The Balaban J connectivity index is 1.90.